The molecule has 1 rings (SSSR count). The van der Waals surface area contributed by atoms with E-state index in [-0.39, 0.29) is 17.9 Å². The fraction of sp³-hybridized carbons (Fsp3) is 0.385. The van der Waals surface area contributed by atoms with Gasteiger partial charge in [0.25, 0.3) is 0 Å². The van der Waals surface area contributed by atoms with Crippen molar-refractivity contribution in [1.29, 1.82) is 10.8 Å². The Labute approximate surface area is 102 Å². The van der Waals surface area contributed by atoms with Crippen LogP contribution in [0.4, 0.5) is 0 Å². The van der Waals surface area contributed by atoms with Crippen LogP contribution in [0.15, 0.2) is 24.3 Å². The number of ether oxygens (including phenoxy) is 2. The normalized spacial score (nSPS) is 11.9. The van der Waals surface area contributed by atoms with Gasteiger partial charge in [-0.15, -0.1) is 0 Å². The highest BCUT2D eigenvalue weighted by molar-refractivity contribution is 5.98. The van der Waals surface area contributed by atoms with Crippen LogP contribution in [0.25, 0.3) is 0 Å². The minimum Gasteiger partial charge on any atom is -0.426 e. The monoisotopic (exact) mass is 234 g/mol. The minimum atomic E-state index is -0.00638. The average molecular weight is 234 g/mol. The number of hydrogen-bond donors (Lipinski definition) is 2. The van der Waals surface area contributed by atoms with Crippen LogP contribution >= 0.6 is 0 Å². The van der Waals surface area contributed by atoms with Crippen molar-refractivity contribution in [3.63, 3.8) is 0 Å². The van der Waals surface area contributed by atoms with E-state index in [1.807, 2.05) is 26.0 Å². The number of rotatable bonds is 4. The summed E-state index contributed by atoms with van der Waals surface area (Å²) in [6, 6.07) is 7.42. The molecular formula is C13H18N2O2. The molecule has 1 aromatic rings. The SMILES string of the molecule is CCOC(C)c1ccc(C(=N)OC(C)=N)cc1. The maximum absolute atomic E-state index is 7.62. The van der Waals surface area contributed by atoms with E-state index in [2.05, 4.69) is 0 Å². The molecule has 1 unspecified atom stereocenters. The molecule has 2 N–H and O–H groups in total. The van der Waals surface area contributed by atoms with Gasteiger partial charge in [-0.1, -0.05) is 12.1 Å². The van der Waals surface area contributed by atoms with Crippen LogP contribution in [-0.2, 0) is 9.47 Å². The van der Waals surface area contributed by atoms with Crippen LogP contribution in [0.5, 0.6) is 0 Å². The summed E-state index contributed by atoms with van der Waals surface area (Å²) in [6.07, 6.45) is 0.0497. The highest BCUT2D eigenvalue weighted by Gasteiger charge is 2.07. The topological polar surface area (TPSA) is 66.2 Å². The molecule has 0 amide bonds. The second kappa shape index (κ2) is 6.15. The van der Waals surface area contributed by atoms with Gasteiger partial charge < -0.3 is 9.47 Å². The van der Waals surface area contributed by atoms with E-state index in [1.165, 1.54) is 6.92 Å². The molecule has 0 radical (unpaired) electrons. The van der Waals surface area contributed by atoms with Gasteiger partial charge >= 0.3 is 0 Å². The van der Waals surface area contributed by atoms with Gasteiger partial charge in [0, 0.05) is 19.1 Å². The van der Waals surface area contributed by atoms with Gasteiger partial charge in [0.1, 0.15) is 0 Å². The largest absolute Gasteiger partial charge is 0.426 e. The average Bonchev–Trinajstić information content (AvgIpc) is 2.28. The van der Waals surface area contributed by atoms with E-state index < -0.39 is 0 Å². The van der Waals surface area contributed by atoms with E-state index >= 15 is 0 Å². The van der Waals surface area contributed by atoms with Gasteiger partial charge in [0.05, 0.1) is 6.10 Å². The molecule has 4 nitrogen and oxygen atoms in total. The molecule has 1 atom stereocenters. The van der Waals surface area contributed by atoms with Crippen LogP contribution in [0.3, 0.4) is 0 Å². The molecule has 17 heavy (non-hydrogen) atoms. The van der Waals surface area contributed by atoms with Crippen molar-refractivity contribution in [2.45, 2.75) is 26.9 Å². The second-order valence-corrected chi connectivity index (χ2v) is 3.71. The van der Waals surface area contributed by atoms with Crippen molar-refractivity contribution in [2.24, 2.45) is 0 Å². The highest BCUT2D eigenvalue weighted by atomic mass is 16.5. The van der Waals surface area contributed by atoms with Gasteiger partial charge in [-0.05, 0) is 31.5 Å². The first-order chi connectivity index (χ1) is 8.04. The third-order valence-electron chi connectivity index (χ3n) is 2.31. The summed E-state index contributed by atoms with van der Waals surface area (Å²) in [5, 5.41) is 14.8. The molecule has 0 saturated heterocycles. The van der Waals surface area contributed by atoms with Crippen molar-refractivity contribution >= 4 is 11.8 Å². The maximum Gasteiger partial charge on any atom is 0.220 e. The lowest BCUT2D eigenvalue weighted by Gasteiger charge is -2.12. The van der Waals surface area contributed by atoms with Crippen LogP contribution in [0.1, 0.15) is 38.0 Å². The summed E-state index contributed by atoms with van der Waals surface area (Å²) < 4.78 is 10.4. The Morgan fingerprint density at radius 1 is 1.24 bits per heavy atom. The Balaban J connectivity index is 2.74. The molecule has 0 aromatic heterocycles. The summed E-state index contributed by atoms with van der Waals surface area (Å²) in [6.45, 7) is 6.12. The van der Waals surface area contributed by atoms with E-state index in [9.17, 15) is 0 Å². The third-order valence-corrected chi connectivity index (χ3v) is 2.31. The van der Waals surface area contributed by atoms with Gasteiger partial charge in [0.2, 0.25) is 5.90 Å². The highest BCUT2D eigenvalue weighted by Crippen LogP contribution is 2.17. The Kier molecular flexibility index (Phi) is 4.84. The maximum atomic E-state index is 7.62. The first kappa shape index (κ1) is 13.4. The molecule has 0 bridgehead atoms. The van der Waals surface area contributed by atoms with Gasteiger partial charge in [-0.2, -0.15) is 0 Å². The van der Waals surface area contributed by atoms with Crippen LogP contribution in [-0.4, -0.2) is 18.4 Å². The lowest BCUT2D eigenvalue weighted by atomic mass is 10.1. The van der Waals surface area contributed by atoms with Gasteiger partial charge in [0.15, 0.2) is 5.90 Å². The smallest absolute Gasteiger partial charge is 0.220 e. The van der Waals surface area contributed by atoms with Crippen LogP contribution in [0.2, 0.25) is 0 Å². The zero-order chi connectivity index (χ0) is 12.8. The fourth-order valence-corrected chi connectivity index (χ4v) is 1.46. The van der Waals surface area contributed by atoms with Crippen molar-refractivity contribution in [3.05, 3.63) is 35.4 Å². The van der Waals surface area contributed by atoms with Crippen LogP contribution < -0.4 is 0 Å². The lowest BCUT2D eigenvalue weighted by molar-refractivity contribution is 0.0764. The summed E-state index contributed by atoms with van der Waals surface area (Å²) >= 11 is 0. The number of nitrogens with one attached hydrogen (secondary N) is 2. The second-order valence-electron chi connectivity index (χ2n) is 3.71. The quantitative estimate of drug-likeness (QED) is 0.621. The standard InChI is InChI=1S/C13H18N2O2/c1-4-16-9(2)11-5-7-12(8-6-11)13(15)17-10(3)14/h5-9,14-15H,4H2,1-3H3. The minimum absolute atomic E-state index is 0.00638. The van der Waals surface area contributed by atoms with Crippen molar-refractivity contribution < 1.29 is 9.47 Å². The Morgan fingerprint density at radius 3 is 2.29 bits per heavy atom. The van der Waals surface area contributed by atoms with Gasteiger partial charge in [-0.3, -0.25) is 10.8 Å². The molecule has 92 valence electrons. The Morgan fingerprint density at radius 2 is 1.82 bits per heavy atom. The molecule has 0 aliphatic rings. The fourth-order valence-electron chi connectivity index (χ4n) is 1.46. The lowest BCUT2D eigenvalue weighted by Crippen LogP contribution is -2.09. The zero-order valence-electron chi connectivity index (χ0n) is 10.4. The predicted molar refractivity (Wildman–Crippen MR) is 67.8 cm³/mol. The predicted octanol–water partition coefficient (Wildman–Crippen LogP) is 3.12. The first-order valence-electron chi connectivity index (χ1n) is 5.58. The van der Waals surface area contributed by atoms with E-state index in [0.717, 1.165) is 5.56 Å². The molecule has 0 saturated carbocycles. The zero-order valence-corrected chi connectivity index (χ0v) is 10.4. The molecule has 0 spiro atoms. The molecule has 0 heterocycles. The Bertz CT molecular complexity index is 398. The summed E-state index contributed by atoms with van der Waals surface area (Å²) in [7, 11) is 0. The van der Waals surface area contributed by atoms with Crippen LogP contribution in [0, 0.1) is 10.8 Å². The molecule has 0 fully saturated rings. The number of hydrogen-bond acceptors (Lipinski definition) is 4. The Hall–Kier alpha value is -1.68. The molecule has 1 aromatic carbocycles. The van der Waals surface area contributed by atoms with E-state index in [0.29, 0.717) is 12.2 Å². The van der Waals surface area contributed by atoms with E-state index in [4.69, 9.17) is 20.3 Å². The third kappa shape index (κ3) is 4.00. The van der Waals surface area contributed by atoms with Crippen molar-refractivity contribution in [2.75, 3.05) is 6.61 Å². The van der Waals surface area contributed by atoms with Crippen molar-refractivity contribution in [3.8, 4) is 0 Å². The molecular weight excluding hydrogens is 216 g/mol. The summed E-state index contributed by atoms with van der Waals surface area (Å²) in [5.74, 6) is 0.00914. The molecule has 4 heteroatoms. The summed E-state index contributed by atoms with van der Waals surface area (Å²) in [4.78, 5) is 0. The summed E-state index contributed by atoms with van der Waals surface area (Å²) in [5.41, 5.74) is 1.72. The molecule has 0 aliphatic carbocycles. The molecule has 0 aliphatic heterocycles. The van der Waals surface area contributed by atoms with Crippen molar-refractivity contribution in [1.82, 2.24) is 0 Å². The van der Waals surface area contributed by atoms with Gasteiger partial charge in [-0.25, -0.2) is 0 Å². The number of benzene rings is 1. The van der Waals surface area contributed by atoms with E-state index in [1.54, 1.807) is 12.1 Å². The first-order valence-corrected chi connectivity index (χ1v) is 5.58.